The molecule has 0 fully saturated rings. The number of primary sulfonamides is 1. The molecular formula is C14H11ClN4O2S. The zero-order chi connectivity index (χ0) is 15.9. The van der Waals surface area contributed by atoms with E-state index in [9.17, 15) is 8.42 Å². The van der Waals surface area contributed by atoms with E-state index in [0.29, 0.717) is 27.3 Å². The molecule has 112 valence electrons. The van der Waals surface area contributed by atoms with Crippen LogP contribution in [0.25, 0.3) is 22.3 Å². The van der Waals surface area contributed by atoms with Crippen molar-refractivity contribution < 1.29 is 8.42 Å². The number of sulfonamides is 1. The van der Waals surface area contributed by atoms with Gasteiger partial charge in [0.1, 0.15) is 10.4 Å². The first-order valence-electron chi connectivity index (χ1n) is 6.21. The summed E-state index contributed by atoms with van der Waals surface area (Å²) < 4.78 is 23.6. The minimum absolute atomic E-state index is 0.0630. The maximum absolute atomic E-state index is 11.8. The molecule has 1 heterocycles. The van der Waals surface area contributed by atoms with Crippen LogP contribution in [0.3, 0.4) is 0 Å². The van der Waals surface area contributed by atoms with E-state index in [4.69, 9.17) is 22.5 Å². The fraction of sp³-hybridized carbons (Fsp3) is 0. The van der Waals surface area contributed by atoms with Gasteiger partial charge in [-0.1, -0.05) is 29.8 Å². The fourth-order valence-electron chi connectivity index (χ4n) is 2.21. The Morgan fingerprint density at radius 2 is 1.82 bits per heavy atom. The third-order valence-electron chi connectivity index (χ3n) is 3.13. The number of hydrogen-bond acceptors (Lipinski definition) is 5. The molecule has 3 aromatic rings. The molecule has 0 unspecified atom stereocenters. The molecule has 22 heavy (non-hydrogen) atoms. The van der Waals surface area contributed by atoms with Crippen LogP contribution >= 0.6 is 11.6 Å². The maximum atomic E-state index is 11.8. The molecule has 0 amide bonds. The number of anilines is 1. The summed E-state index contributed by atoms with van der Waals surface area (Å²) in [6.07, 6.45) is 1.44. The van der Waals surface area contributed by atoms with E-state index in [2.05, 4.69) is 9.97 Å². The summed E-state index contributed by atoms with van der Waals surface area (Å²) in [4.78, 5) is 8.48. The van der Waals surface area contributed by atoms with Crippen molar-refractivity contribution in [3.8, 4) is 11.3 Å². The van der Waals surface area contributed by atoms with Crippen molar-refractivity contribution in [2.45, 2.75) is 4.90 Å². The lowest BCUT2D eigenvalue weighted by molar-refractivity contribution is 0.598. The normalized spacial score (nSPS) is 11.7. The zero-order valence-corrected chi connectivity index (χ0v) is 12.8. The summed E-state index contributed by atoms with van der Waals surface area (Å²) in [5.41, 5.74) is 7.56. The second-order valence-electron chi connectivity index (χ2n) is 4.63. The van der Waals surface area contributed by atoms with Crippen LogP contribution < -0.4 is 10.9 Å². The molecule has 0 atom stereocenters. The highest BCUT2D eigenvalue weighted by Gasteiger charge is 2.20. The van der Waals surface area contributed by atoms with Gasteiger partial charge in [-0.2, -0.15) is 0 Å². The predicted octanol–water partition coefficient (Wildman–Crippen LogP) is 2.18. The number of nitrogens with zero attached hydrogens (tertiary/aromatic N) is 2. The van der Waals surface area contributed by atoms with Gasteiger partial charge >= 0.3 is 0 Å². The quantitative estimate of drug-likeness (QED) is 0.697. The number of aromatic nitrogens is 2. The summed E-state index contributed by atoms with van der Waals surface area (Å²) in [6, 6.07) is 9.85. The van der Waals surface area contributed by atoms with Crippen LogP contribution in [-0.2, 0) is 10.0 Å². The van der Waals surface area contributed by atoms with E-state index in [1.54, 1.807) is 30.3 Å². The van der Waals surface area contributed by atoms with Crippen LogP contribution in [0.4, 0.5) is 5.69 Å². The van der Waals surface area contributed by atoms with Gasteiger partial charge < -0.3 is 5.73 Å². The summed E-state index contributed by atoms with van der Waals surface area (Å²) in [5.74, 6) is 0. The number of fused-ring (bicyclic) bond motifs is 1. The number of nitrogens with two attached hydrogens (primary N) is 2. The van der Waals surface area contributed by atoms with Crippen LogP contribution in [0.1, 0.15) is 0 Å². The Hall–Kier alpha value is -2.22. The summed E-state index contributed by atoms with van der Waals surface area (Å²) in [7, 11) is -3.99. The van der Waals surface area contributed by atoms with Crippen molar-refractivity contribution in [3.05, 3.63) is 47.6 Å². The van der Waals surface area contributed by atoms with Gasteiger partial charge in [0.2, 0.25) is 10.0 Å². The van der Waals surface area contributed by atoms with E-state index in [1.807, 2.05) is 0 Å². The molecular weight excluding hydrogens is 324 g/mol. The van der Waals surface area contributed by atoms with Crippen molar-refractivity contribution >= 4 is 38.3 Å². The minimum atomic E-state index is -3.99. The molecule has 3 rings (SSSR count). The van der Waals surface area contributed by atoms with Gasteiger partial charge in [0.15, 0.2) is 0 Å². The Morgan fingerprint density at radius 3 is 2.55 bits per heavy atom. The number of halogens is 1. The van der Waals surface area contributed by atoms with Crippen molar-refractivity contribution in [2.24, 2.45) is 5.14 Å². The molecule has 0 bridgehead atoms. The smallest absolute Gasteiger partial charge is 0.240 e. The lowest BCUT2D eigenvalue weighted by atomic mass is 10.1. The molecule has 1 aromatic heterocycles. The first-order valence-corrected chi connectivity index (χ1v) is 8.13. The largest absolute Gasteiger partial charge is 0.398 e. The highest BCUT2D eigenvalue weighted by atomic mass is 35.5. The van der Waals surface area contributed by atoms with Crippen LogP contribution in [0.2, 0.25) is 5.02 Å². The average Bonchev–Trinajstić information content (AvgIpc) is 2.45. The molecule has 0 aliphatic heterocycles. The molecule has 0 spiro atoms. The van der Waals surface area contributed by atoms with Gasteiger partial charge in [0.25, 0.3) is 0 Å². The van der Waals surface area contributed by atoms with Crippen LogP contribution in [0.15, 0.2) is 47.5 Å². The van der Waals surface area contributed by atoms with Crippen LogP contribution in [-0.4, -0.2) is 18.4 Å². The molecule has 0 aliphatic carbocycles. The van der Waals surface area contributed by atoms with Crippen molar-refractivity contribution in [1.29, 1.82) is 0 Å². The third-order valence-corrected chi connectivity index (χ3v) is 4.46. The van der Waals surface area contributed by atoms with Crippen molar-refractivity contribution in [2.75, 3.05) is 5.73 Å². The van der Waals surface area contributed by atoms with E-state index >= 15 is 0 Å². The number of para-hydroxylation sites is 1. The predicted molar refractivity (Wildman–Crippen MR) is 85.8 cm³/mol. The Bertz CT molecular complexity index is 989. The number of benzene rings is 2. The molecule has 0 radical (unpaired) electrons. The van der Waals surface area contributed by atoms with Crippen LogP contribution in [0, 0.1) is 0 Å². The Morgan fingerprint density at radius 1 is 1.09 bits per heavy atom. The van der Waals surface area contributed by atoms with Crippen molar-refractivity contribution in [1.82, 2.24) is 9.97 Å². The highest BCUT2D eigenvalue weighted by Crippen LogP contribution is 2.31. The molecule has 0 saturated heterocycles. The maximum Gasteiger partial charge on any atom is 0.240 e. The summed E-state index contributed by atoms with van der Waals surface area (Å²) in [5, 5.41) is 5.72. The molecule has 0 aliphatic rings. The molecule has 4 N–H and O–H groups in total. The van der Waals surface area contributed by atoms with E-state index in [0.717, 1.165) is 0 Å². The Labute approximate surface area is 131 Å². The first kappa shape index (κ1) is 14.7. The second kappa shape index (κ2) is 5.20. The summed E-state index contributed by atoms with van der Waals surface area (Å²) >= 11 is 6.05. The molecule has 8 heteroatoms. The van der Waals surface area contributed by atoms with Crippen LogP contribution in [0.5, 0.6) is 0 Å². The minimum Gasteiger partial charge on any atom is -0.398 e. The topological polar surface area (TPSA) is 112 Å². The lowest BCUT2D eigenvalue weighted by Gasteiger charge is -2.10. The SMILES string of the molecule is Nc1cccc(-c2cnc3c(Cl)cccc3n2)c1S(N)(=O)=O. The number of hydrogen-bond donors (Lipinski definition) is 2. The van der Waals surface area contributed by atoms with Gasteiger partial charge in [-0.15, -0.1) is 0 Å². The van der Waals surface area contributed by atoms with Gasteiger partial charge in [0, 0.05) is 5.56 Å². The number of nitrogen functional groups attached to an aromatic ring is 1. The van der Waals surface area contributed by atoms with Gasteiger partial charge in [0.05, 0.1) is 28.1 Å². The van der Waals surface area contributed by atoms with Gasteiger partial charge in [-0.05, 0) is 18.2 Å². The molecule has 6 nitrogen and oxygen atoms in total. The van der Waals surface area contributed by atoms with Gasteiger partial charge in [-0.25, -0.2) is 18.5 Å². The lowest BCUT2D eigenvalue weighted by Crippen LogP contribution is -2.15. The standard InChI is InChI=1S/C14H11ClN4O2S/c15-9-4-2-6-11-13(9)18-7-12(19-11)8-3-1-5-10(16)14(8)22(17,20)21/h1-7H,16H2,(H2,17,20,21). The van der Waals surface area contributed by atoms with Crippen molar-refractivity contribution in [3.63, 3.8) is 0 Å². The third kappa shape index (κ3) is 2.50. The van der Waals surface area contributed by atoms with E-state index in [-0.39, 0.29) is 10.6 Å². The fourth-order valence-corrected chi connectivity index (χ4v) is 3.30. The van der Waals surface area contributed by atoms with Gasteiger partial charge in [-0.3, -0.25) is 4.98 Å². The first-order chi connectivity index (χ1) is 10.4. The zero-order valence-electron chi connectivity index (χ0n) is 11.2. The monoisotopic (exact) mass is 334 g/mol. The summed E-state index contributed by atoms with van der Waals surface area (Å²) in [6.45, 7) is 0. The Balaban J connectivity index is 2.31. The molecule has 2 aromatic carbocycles. The van der Waals surface area contributed by atoms with E-state index < -0.39 is 10.0 Å². The molecule has 0 saturated carbocycles. The highest BCUT2D eigenvalue weighted by molar-refractivity contribution is 7.89. The van der Waals surface area contributed by atoms with E-state index in [1.165, 1.54) is 12.3 Å². The Kier molecular flexibility index (Phi) is 3.48. The number of rotatable bonds is 2. The second-order valence-corrected chi connectivity index (χ2v) is 6.54. The average molecular weight is 335 g/mol.